The highest BCUT2D eigenvalue weighted by atomic mass is 32.1. The van der Waals surface area contributed by atoms with Gasteiger partial charge in [0, 0.05) is 12.6 Å². The molecule has 0 bridgehead atoms. The predicted molar refractivity (Wildman–Crippen MR) is 50.3 cm³/mol. The van der Waals surface area contributed by atoms with Crippen LogP contribution in [0.25, 0.3) is 0 Å². The Kier molecular flexibility index (Phi) is 3.98. The number of rotatable bonds is 1. The summed E-state index contributed by atoms with van der Waals surface area (Å²) in [6.07, 6.45) is 2.75. The van der Waals surface area contributed by atoms with Gasteiger partial charge in [0.05, 0.1) is 0 Å². The van der Waals surface area contributed by atoms with E-state index in [-0.39, 0.29) is 0 Å². The van der Waals surface area contributed by atoms with E-state index in [1.807, 2.05) is 0 Å². The van der Waals surface area contributed by atoms with Gasteiger partial charge in [-0.3, -0.25) is 0 Å². The fraction of sp³-hybridized carbons (Fsp3) is 0.250. The number of oxime groups is 1. The topological polar surface area (TPSA) is 58.9 Å². The molecule has 1 N–H and O–H groups in total. The first-order chi connectivity index (χ1) is 6.30. The third kappa shape index (κ3) is 3.71. The van der Waals surface area contributed by atoms with E-state index in [2.05, 4.69) is 9.99 Å². The summed E-state index contributed by atoms with van der Waals surface area (Å²) in [6.45, 7) is 0.778. The van der Waals surface area contributed by atoms with Gasteiger partial charge in [-0.1, -0.05) is 11.2 Å². The molecule has 0 radical (unpaired) electrons. The second-order valence-electron chi connectivity index (χ2n) is 2.19. The van der Waals surface area contributed by atoms with Crippen molar-refractivity contribution < 1.29 is 14.7 Å². The van der Waals surface area contributed by atoms with Gasteiger partial charge in [0.2, 0.25) is 0 Å². The third-order valence-electron chi connectivity index (χ3n) is 1.22. The van der Waals surface area contributed by atoms with Gasteiger partial charge in [0.25, 0.3) is 0 Å². The highest BCUT2D eigenvalue weighted by Crippen LogP contribution is 2.06. The molecule has 0 saturated heterocycles. The van der Waals surface area contributed by atoms with E-state index in [9.17, 15) is 4.79 Å². The third-order valence-corrected chi connectivity index (χ3v) is 2.08. The molecule has 0 saturated carbocycles. The standard InChI is InChI=1S/C5H4O2S.C3H5NO/c6-5(7)4-2-1-3-8-4;1-2-4-5-3-1/h1-3H,(H,6,7);2H,1,3H2. The van der Waals surface area contributed by atoms with Crippen LogP contribution in [0.3, 0.4) is 0 Å². The SMILES string of the molecule is C1=NOCC1.O=C(O)c1cccs1. The zero-order valence-corrected chi connectivity index (χ0v) is 7.66. The van der Waals surface area contributed by atoms with Crippen molar-refractivity contribution in [2.24, 2.45) is 5.16 Å². The summed E-state index contributed by atoms with van der Waals surface area (Å²) < 4.78 is 0. The zero-order valence-electron chi connectivity index (χ0n) is 6.84. The first-order valence-electron chi connectivity index (χ1n) is 3.71. The second kappa shape index (κ2) is 5.31. The van der Waals surface area contributed by atoms with Crippen molar-refractivity contribution in [3.05, 3.63) is 22.4 Å². The van der Waals surface area contributed by atoms with E-state index in [0.29, 0.717) is 4.88 Å². The van der Waals surface area contributed by atoms with Gasteiger partial charge in [0.15, 0.2) is 0 Å². The molecule has 0 fully saturated rings. The molecule has 0 aromatic carbocycles. The van der Waals surface area contributed by atoms with Crippen molar-refractivity contribution >= 4 is 23.5 Å². The largest absolute Gasteiger partial charge is 0.477 e. The minimum atomic E-state index is -0.847. The van der Waals surface area contributed by atoms with Crippen LogP contribution in [0.1, 0.15) is 16.1 Å². The average molecular weight is 199 g/mol. The Bertz CT molecular complexity index is 276. The Morgan fingerprint density at radius 1 is 1.69 bits per heavy atom. The molecule has 1 aromatic heterocycles. The molecule has 13 heavy (non-hydrogen) atoms. The molecule has 1 aliphatic rings. The molecule has 70 valence electrons. The maximum atomic E-state index is 10.1. The first-order valence-corrected chi connectivity index (χ1v) is 4.59. The summed E-state index contributed by atoms with van der Waals surface area (Å²) in [5, 5.41) is 13.5. The van der Waals surface area contributed by atoms with Gasteiger partial charge in [0.1, 0.15) is 11.5 Å². The molecule has 1 aliphatic heterocycles. The van der Waals surface area contributed by atoms with Gasteiger partial charge < -0.3 is 9.94 Å². The smallest absolute Gasteiger partial charge is 0.345 e. The number of aromatic carboxylic acids is 1. The normalized spacial score (nSPS) is 12.9. The number of carboxylic acid groups (broad SMARTS) is 1. The molecule has 2 rings (SSSR count). The maximum Gasteiger partial charge on any atom is 0.345 e. The fourth-order valence-corrected chi connectivity index (χ4v) is 1.23. The Labute approximate surface area is 79.5 Å². The van der Waals surface area contributed by atoms with Crippen molar-refractivity contribution in [2.75, 3.05) is 6.61 Å². The first kappa shape index (κ1) is 9.73. The number of carbonyl (C=O) groups is 1. The lowest BCUT2D eigenvalue weighted by Crippen LogP contribution is -1.89. The van der Waals surface area contributed by atoms with Crippen LogP contribution in [0.5, 0.6) is 0 Å². The van der Waals surface area contributed by atoms with E-state index in [0.717, 1.165) is 13.0 Å². The lowest BCUT2D eigenvalue weighted by Gasteiger charge is -1.78. The van der Waals surface area contributed by atoms with Crippen LogP contribution in [-0.4, -0.2) is 23.9 Å². The van der Waals surface area contributed by atoms with E-state index in [1.54, 1.807) is 23.7 Å². The summed E-state index contributed by atoms with van der Waals surface area (Å²) in [5.74, 6) is -0.847. The molecular formula is C8H9NO3S. The lowest BCUT2D eigenvalue weighted by atomic mass is 10.5. The van der Waals surface area contributed by atoms with E-state index in [4.69, 9.17) is 5.11 Å². The summed E-state index contributed by atoms with van der Waals surface area (Å²) in [6, 6.07) is 3.29. The molecule has 0 unspecified atom stereocenters. The number of nitrogens with zero attached hydrogens (tertiary/aromatic N) is 1. The molecular weight excluding hydrogens is 190 g/mol. The summed E-state index contributed by atoms with van der Waals surface area (Å²) >= 11 is 1.23. The molecule has 0 amide bonds. The number of thiophene rings is 1. The highest BCUT2D eigenvalue weighted by Gasteiger charge is 1.99. The number of hydrogen-bond acceptors (Lipinski definition) is 4. The minimum absolute atomic E-state index is 0.394. The van der Waals surface area contributed by atoms with Crippen molar-refractivity contribution in [3.63, 3.8) is 0 Å². The van der Waals surface area contributed by atoms with Crippen molar-refractivity contribution in [2.45, 2.75) is 6.42 Å². The van der Waals surface area contributed by atoms with Gasteiger partial charge in [-0.25, -0.2) is 4.79 Å². The van der Waals surface area contributed by atoms with Crippen LogP contribution in [0.2, 0.25) is 0 Å². The van der Waals surface area contributed by atoms with Gasteiger partial charge in [-0.05, 0) is 11.4 Å². The van der Waals surface area contributed by atoms with E-state index in [1.165, 1.54) is 11.3 Å². The zero-order chi connectivity index (χ0) is 9.52. The molecule has 0 spiro atoms. The summed E-state index contributed by atoms with van der Waals surface area (Å²) in [4.78, 5) is 15.0. The minimum Gasteiger partial charge on any atom is -0.477 e. The molecule has 2 heterocycles. The lowest BCUT2D eigenvalue weighted by molar-refractivity contribution is 0.0702. The number of carboxylic acids is 1. The van der Waals surface area contributed by atoms with Crippen LogP contribution < -0.4 is 0 Å². The fourth-order valence-electron chi connectivity index (χ4n) is 0.664. The molecule has 5 heteroatoms. The monoisotopic (exact) mass is 199 g/mol. The Balaban J connectivity index is 0.000000145. The Morgan fingerprint density at radius 3 is 2.77 bits per heavy atom. The molecule has 0 aliphatic carbocycles. The average Bonchev–Trinajstić information content (AvgIpc) is 2.82. The van der Waals surface area contributed by atoms with Gasteiger partial charge in [-0.2, -0.15) is 0 Å². The van der Waals surface area contributed by atoms with Crippen molar-refractivity contribution in [3.8, 4) is 0 Å². The van der Waals surface area contributed by atoms with Crippen LogP contribution in [-0.2, 0) is 4.84 Å². The number of hydrogen-bond donors (Lipinski definition) is 1. The molecule has 4 nitrogen and oxygen atoms in total. The quantitative estimate of drug-likeness (QED) is 0.750. The maximum absolute atomic E-state index is 10.1. The highest BCUT2D eigenvalue weighted by molar-refractivity contribution is 7.11. The van der Waals surface area contributed by atoms with Gasteiger partial charge >= 0.3 is 5.97 Å². The van der Waals surface area contributed by atoms with E-state index >= 15 is 0 Å². The predicted octanol–water partition coefficient (Wildman–Crippen LogP) is 1.84. The van der Waals surface area contributed by atoms with Crippen LogP contribution in [0, 0.1) is 0 Å². The Morgan fingerprint density at radius 2 is 2.54 bits per heavy atom. The Hall–Kier alpha value is -1.36. The molecule has 1 aromatic rings. The van der Waals surface area contributed by atoms with E-state index < -0.39 is 5.97 Å². The van der Waals surface area contributed by atoms with Crippen LogP contribution in [0.15, 0.2) is 22.7 Å². The van der Waals surface area contributed by atoms with Crippen LogP contribution >= 0.6 is 11.3 Å². The van der Waals surface area contributed by atoms with Gasteiger partial charge in [-0.15, -0.1) is 11.3 Å². The molecule has 0 atom stereocenters. The van der Waals surface area contributed by atoms with Crippen molar-refractivity contribution in [1.82, 2.24) is 0 Å². The summed E-state index contributed by atoms with van der Waals surface area (Å²) in [7, 11) is 0. The van der Waals surface area contributed by atoms with Crippen molar-refractivity contribution in [1.29, 1.82) is 0 Å². The second-order valence-corrected chi connectivity index (χ2v) is 3.14. The summed E-state index contributed by atoms with van der Waals surface area (Å²) in [5.41, 5.74) is 0. The van der Waals surface area contributed by atoms with Crippen LogP contribution in [0.4, 0.5) is 0 Å².